The van der Waals surface area contributed by atoms with Crippen LogP contribution in [0.5, 0.6) is 0 Å². The molecule has 15 heavy (non-hydrogen) atoms. The van der Waals surface area contributed by atoms with Crippen LogP contribution in [0.15, 0.2) is 30.3 Å². The first kappa shape index (κ1) is 10.7. The zero-order chi connectivity index (χ0) is 10.5. The van der Waals surface area contributed by atoms with Gasteiger partial charge in [-0.05, 0) is 37.9 Å². The molecular formula is C13H19NO. The Bertz CT molecular complexity index is 280. The second-order valence-corrected chi connectivity index (χ2v) is 4.31. The van der Waals surface area contributed by atoms with Gasteiger partial charge < -0.3 is 10.1 Å². The predicted molar refractivity (Wildman–Crippen MR) is 61.7 cm³/mol. The van der Waals surface area contributed by atoms with Crippen LogP contribution < -0.4 is 5.32 Å². The molecule has 1 fully saturated rings. The second kappa shape index (κ2) is 5.29. The molecule has 82 valence electrons. The van der Waals surface area contributed by atoms with Crippen LogP contribution in [0, 0.1) is 5.92 Å². The molecule has 2 heteroatoms. The molecule has 2 nitrogen and oxygen atoms in total. The van der Waals surface area contributed by atoms with Crippen molar-refractivity contribution in [3.8, 4) is 0 Å². The highest BCUT2D eigenvalue weighted by molar-refractivity contribution is 5.13. The summed E-state index contributed by atoms with van der Waals surface area (Å²) < 4.78 is 5.81. The maximum Gasteiger partial charge on any atom is 0.0720 e. The van der Waals surface area contributed by atoms with Crippen molar-refractivity contribution in [3.63, 3.8) is 0 Å². The number of nitrogens with one attached hydrogen (secondary N) is 1. The van der Waals surface area contributed by atoms with Crippen LogP contribution in [-0.2, 0) is 11.3 Å². The summed E-state index contributed by atoms with van der Waals surface area (Å²) >= 11 is 0. The zero-order valence-corrected chi connectivity index (χ0v) is 9.28. The number of ether oxygens (including phenoxy) is 1. The molecule has 0 bridgehead atoms. The van der Waals surface area contributed by atoms with E-state index in [2.05, 4.69) is 29.6 Å². The first-order valence-corrected chi connectivity index (χ1v) is 5.68. The zero-order valence-electron chi connectivity index (χ0n) is 9.28. The van der Waals surface area contributed by atoms with Crippen LogP contribution in [0.25, 0.3) is 0 Å². The molecule has 0 atom stereocenters. The van der Waals surface area contributed by atoms with E-state index in [9.17, 15) is 0 Å². The van der Waals surface area contributed by atoms with E-state index < -0.39 is 0 Å². The van der Waals surface area contributed by atoms with Crippen LogP contribution in [-0.4, -0.2) is 19.7 Å². The molecule has 0 radical (unpaired) electrons. The molecule has 1 aromatic rings. The average Bonchev–Trinajstić information content (AvgIpc) is 2.23. The van der Waals surface area contributed by atoms with E-state index in [4.69, 9.17) is 4.74 Å². The summed E-state index contributed by atoms with van der Waals surface area (Å²) in [5.74, 6) is 0.829. The number of rotatable bonds is 5. The lowest BCUT2D eigenvalue weighted by atomic mass is 9.82. The summed E-state index contributed by atoms with van der Waals surface area (Å²) in [6, 6.07) is 10.4. The Hall–Kier alpha value is -0.860. The lowest BCUT2D eigenvalue weighted by Crippen LogP contribution is -2.36. The van der Waals surface area contributed by atoms with Gasteiger partial charge in [0, 0.05) is 0 Å². The Labute approximate surface area is 91.6 Å². The van der Waals surface area contributed by atoms with Crippen molar-refractivity contribution in [3.05, 3.63) is 35.9 Å². The maximum atomic E-state index is 5.81. The number of hydrogen-bond acceptors (Lipinski definition) is 2. The Morgan fingerprint density at radius 1 is 1.27 bits per heavy atom. The molecule has 0 saturated heterocycles. The average molecular weight is 205 g/mol. The van der Waals surface area contributed by atoms with Crippen molar-refractivity contribution in [2.75, 3.05) is 13.6 Å². The van der Waals surface area contributed by atoms with Gasteiger partial charge in [0.05, 0.1) is 12.7 Å². The van der Waals surface area contributed by atoms with Gasteiger partial charge in [-0.2, -0.15) is 0 Å². The first-order chi connectivity index (χ1) is 7.38. The molecule has 1 aliphatic rings. The molecule has 0 heterocycles. The molecule has 0 spiro atoms. The smallest absolute Gasteiger partial charge is 0.0720 e. The molecule has 1 N–H and O–H groups in total. The maximum absolute atomic E-state index is 5.81. The van der Waals surface area contributed by atoms with E-state index in [1.807, 2.05) is 13.1 Å². The normalized spacial score (nSPS) is 24.9. The van der Waals surface area contributed by atoms with Crippen LogP contribution in [0.2, 0.25) is 0 Å². The fraction of sp³-hybridized carbons (Fsp3) is 0.538. The molecule has 0 aliphatic heterocycles. The fourth-order valence-electron chi connectivity index (χ4n) is 2.05. The minimum Gasteiger partial charge on any atom is -0.374 e. The van der Waals surface area contributed by atoms with Gasteiger partial charge in [-0.15, -0.1) is 0 Å². The molecule has 0 aromatic heterocycles. The summed E-state index contributed by atoms with van der Waals surface area (Å²) in [6.45, 7) is 1.89. The van der Waals surface area contributed by atoms with E-state index in [1.165, 1.54) is 18.4 Å². The molecule has 1 aromatic carbocycles. The third-order valence-corrected chi connectivity index (χ3v) is 3.01. The standard InChI is InChI=1S/C13H19NO/c1-14-9-12-7-13(8-12)15-10-11-5-3-2-4-6-11/h2-6,12-14H,7-10H2,1H3. The lowest BCUT2D eigenvalue weighted by Gasteiger charge is -2.35. The van der Waals surface area contributed by atoms with Crippen molar-refractivity contribution < 1.29 is 4.74 Å². The van der Waals surface area contributed by atoms with Crippen LogP contribution in [0.1, 0.15) is 18.4 Å². The summed E-state index contributed by atoms with van der Waals surface area (Å²) in [5.41, 5.74) is 1.27. The highest BCUT2D eigenvalue weighted by Crippen LogP contribution is 2.29. The highest BCUT2D eigenvalue weighted by atomic mass is 16.5. The van der Waals surface area contributed by atoms with Gasteiger partial charge in [0.2, 0.25) is 0 Å². The number of hydrogen-bond donors (Lipinski definition) is 1. The summed E-state index contributed by atoms with van der Waals surface area (Å²) in [4.78, 5) is 0. The van der Waals surface area contributed by atoms with E-state index in [1.54, 1.807) is 0 Å². The topological polar surface area (TPSA) is 21.3 Å². The minimum absolute atomic E-state index is 0.489. The van der Waals surface area contributed by atoms with Crippen LogP contribution in [0.4, 0.5) is 0 Å². The quantitative estimate of drug-likeness (QED) is 0.795. The monoisotopic (exact) mass is 205 g/mol. The van der Waals surface area contributed by atoms with E-state index in [-0.39, 0.29) is 0 Å². The van der Waals surface area contributed by atoms with E-state index in [0.29, 0.717) is 6.10 Å². The van der Waals surface area contributed by atoms with Gasteiger partial charge in [0.15, 0.2) is 0 Å². The Morgan fingerprint density at radius 3 is 2.67 bits per heavy atom. The van der Waals surface area contributed by atoms with Crippen molar-refractivity contribution in [2.24, 2.45) is 5.92 Å². The Kier molecular flexibility index (Phi) is 3.75. The minimum atomic E-state index is 0.489. The van der Waals surface area contributed by atoms with Crippen molar-refractivity contribution in [1.82, 2.24) is 5.32 Å². The van der Waals surface area contributed by atoms with Crippen molar-refractivity contribution in [2.45, 2.75) is 25.6 Å². The van der Waals surface area contributed by atoms with Crippen molar-refractivity contribution >= 4 is 0 Å². The van der Waals surface area contributed by atoms with Crippen LogP contribution in [0.3, 0.4) is 0 Å². The summed E-state index contributed by atoms with van der Waals surface area (Å²) in [5, 5.41) is 3.21. The van der Waals surface area contributed by atoms with Gasteiger partial charge in [0.25, 0.3) is 0 Å². The van der Waals surface area contributed by atoms with Gasteiger partial charge in [-0.3, -0.25) is 0 Å². The third kappa shape index (κ3) is 3.05. The van der Waals surface area contributed by atoms with E-state index >= 15 is 0 Å². The van der Waals surface area contributed by atoms with Crippen LogP contribution >= 0.6 is 0 Å². The summed E-state index contributed by atoms with van der Waals surface area (Å²) in [7, 11) is 2.01. The summed E-state index contributed by atoms with van der Waals surface area (Å²) in [6.07, 6.45) is 2.92. The van der Waals surface area contributed by atoms with Gasteiger partial charge >= 0.3 is 0 Å². The second-order valence-electron chi connectivity index (χ2n) is 4.31. The third-order valence-electron chi connectivity index (χ3n) is 3.01. The first-order valence-electron chi connectivity index (χ1n) is 5.68. The molecule has 0 unspecified atom stereocenters. The molecule has 1 aliphatic carbocycles. The van der Waals surface area contributed by atoms with Crippen molar-refractivity contribution in [1.29, 1.82) is 0 Å². The Balaban J connectivity index is 1.64. The van der Waals surface area contributed by atoms with Gasteiger partial charge in [-0.25, -0.2) is 0 Å². The van der Waals surface area contributed by atoms with Gasteiger partial charge in [0.1, 0.15) is 0 Å². The predicted octanol–water partition coefficient (Wildman–Crippen LogP) is 2.20. The Morgan fingerprint density at radius 2 is 2.00 bits per heavy atom. The fourth-order valence-corrected chi connectivity index (χ4v) is 2.05. The lowest BCUT2D eigenvalue weighted by molar-refractivity contribution is -0.0391. The largest absolute Gasteiger partial charge is 0.374 e. The molecule has 1 saturated carbocycles. The molecule has 0 amide bonds. The molecule has 2 rings (SSSR count). The van der Waals surface area contributed by atoms with Gasteiger partial charge in [-0.1, -0.05) is 30.3 Å². The SMILES string of the molecule is CNCC1CC(OCc2ccccc2)C1. The highest BCUT2D eigenvalue weighted by Gasteiger charge is 2.28. The number of benzene rings is 1. The van der Waals surface area contributed by atoms with E-state index in [0.717, 1.165) is 19.1 Å². The molecular weight excluding hydrogens is 186 g/mol.